The molecule has 0 atom stereocenters. The predicted octanol–water partition coefficient (Wildman–Crippen LogP) is 4.67. The Morgan fingerprint density at radius 3 is 2.42 bits per heavy atom. The number of anilines is 1. The summed E-state index contributed by atoms with van der Waals surface area (Å²) in [5, 5.41) is 3.15. The topological polar surface area (TPSA) is 72.9 Å². The van der Waals surface area contributed by atoms with Gasteiger partial charge in [0, 0.05) is 55.9 Å². The van der Waals surface area contributed by atoms with Crippen molar-refractivity contribution in [2.45, 2.75) is 18.9 Å². The Kier molecular flexibility index (Phi) is 6.08. The van der Waals surface area contributed by atoms with E-state index in [1.54, 1.807) is 37.3 Å². The Hall–Kier alpha value is -3.14. The molecule has 1 aromatic heterocycles. The van der Waals surface area contributed by atoms with Crippen LogP contribution in [0.3, 0.4) is 0 Å². The van der Waals surface area contributed by atoms with Gasteiger partial charge >= 0.3 is 6.03 Å². The number of carbonyl (C=O) groups excluding carboxylic acids is 1. The summed E-state index contributed by atoms with van der Waals surface area (Å²) in [6, 6.07) is 6.97. The number of thiazole rings is 1. The highest BCUT2D eigenvalue weighted by atomic mass is 32.1. The van der Waals surface area contributed by atoms with Gasteiger partial charge in [-0.15, -0.1) is 0 Å². The van der Waals surface area contributed by atoms with Crippen LogP contribution in [0.1, 0.15) is 12.8 Å². The van der Waals surface area contributed by atoms with Gasteiger partial charge in [-0.1, -0.05) is 11.3 Å². The van der Waals surface area contributed by atoms with Crippen molar-refractivity contribution >= 4 is 33.3 Å². The fraction of sp³-hybridized carbons (Fsp3) is 0.333. The van der Waals surface area contributed by atoms with Gasteiger partial charge in [-0.3, -0.25) is 0 Å². The van der Waals surface area contributed by atoms with Crippen LogP contribution in [0.2, 0.25) is 0 Å². The number of fused-ring (bicyclic) bond motifs is 1. The van der Waals surface area contributed by atoms with Crippen LogP contribution in [0, 0.1) is 11.6 Å². The zero-order valence-corrected chi connectivity index (χ0v) is 17.8. The smallest absolute Gasteiger partial charge is 0.321 e. The van der Waals surface area contributed by atoms with Crippen LogP contribution in [-0.2, 0) is 0 Å². The number of urea groups is 1. The lowest BCUT2D eigenvalue weighted by atomic mass is 10.1. The second-order valence-electron chi connectivity index (χ2n) is 7.05. The number of amides is 2. The number of methoxy groups -OCH3 is 2. The number of benzene rings is 2. The highest BCUT2D eigenvalue weighted by molar-refractivity contribution is 7.20. The molecule has 1 aliphatic rings. The molecule has 31 heavy (non-hydrogen) atoms. The maximum atomic E-state index is 13.8. The molecule has 0 bridgehead atoms. The van der Waals surface area contributed by atoms with E-state index in [1.807, 2.05) is 0 Å². The molecule has 0 aliphatic carbocycles. The summed E-state index contributed by atoms with van der Waals surface area (Å²) >= 11 is 1.11. The third-order valence-corrected chi connectivity index (χ3v) is 5.89. The van der Waals surface area contributed by atoms with Gasteiger partial charge in [0.05, 0.1) is 18.9 Å². The SMILES string of the molecule is COc1cc(NC(=O)N2CCC(Oc3nc4c(F)cc(F)cc4s3)CC2)cc(OC)c1. The van der Waals surface area contributed by atoms with Gasteiger partial charge < -0.3 is 24.4 Å². The molecule has 1 fully saturated rings. The van der Waals surface area contributed by atoms with Crippen molar-refractivity contribution in [1.29, 1.82) is 0 Å². The van der Waals surface area contributed by atoms with E-state index in [-0.39, 0.29) is 17.7 Å². The molecular weight excluding hydrogens is 428 g/mol. The van der Waals surface area contributed by atoms with Crippen LogP contribution in [0.25, 0.3) is 10.2 Å². The van der Waals surface area contributed by atoms with E-state index in [0.717, 1.165) is 17.4 Å². The molecule has 1 aliphatic heterocycles. The Morgan fingerprint density at radius 1 is 1.10 bits per heavy atom. The van der Waals surface area contributed by atoms with Crippen LogP contribution in [0.15, 0.2) is 30.3 Å². The third kappa shape index (κ3) is 4.79. The molecule has 0 saturated carbocycles. The Balaban J connectivity index is 1.34. The van der Waals surface area contributed by atoms with Gasteiger partial charge in [0.15, 0.2) is 5.82 Å². The van der Waals surface area contributed by atoms with E-state index in [4.69, 9.17) is 14.2 Å². The van der Waals surface area contributed by atoms with Crippen LogP contribution in [-0.4, -0.2) is 49.3 Å². The number of rotatable bonds is 5. The molecular formula is C21H21F2N3O4S. The van der Waals surface area contributed by atoms with E-state index in [9.17, 15) is 13.6 Å². The summed E-state index contributed by atoms with van der Waals surface area (Å²) in [6.45, 7) is 0.983. The standard InChI is InChI=1S/C21H21F2N3O4S/c1-28-15-9-13(10-16(11-15)29-2)24-20(27)26-5-3-14(4-6-26)30-21-25-19-17(23)7-12(22)8-18(19)31-21/h7-11,14H,3-6H2,1-2H3,(H,24,27). The van der Waals surface area contributed by atoms with Crippen molar-refractivity contribution in [3.8, 4) is 16.7 Å². The summed E-state index contributed by atoms with van der Waals surface area (Å²) in [6.07, 6.45) is 1.04. The molecule has 4 rings (SSSR count). The van der Waals surface area contributed by atoms with Crippen molar-refractivity contribution in [2.75, 3.05) is 32.6 Å². The second-order valence-corrected chi connectivity index (χ2v) is 8.04. The Bertz CT molecular complexity index is 1080. The zero-order chi connectivity index (χ0) is 22.0. The molecule has 10 heteroatoms. The number of nitrogens with one attached hydrogen (secondary N) is 1. The number of piperidine rings is 1. The first-order valence-electron chi connectivity index (χ1n) is 9.66. The van der Waals surface area contributed by atoms with Crippen molar-refractivity contribution in [1.82, 2.24) is 9.88 Å². The number of nitrogens with zero attached hydrogens (tertiary/aromatic N) is 2. The van der Waals surface area contributed by atoms with Crippen molar-refractivity contribution < 1.29 is 27.8 Å². The number of likely N-dealkylation sites (tertiary alicyclic amines) is 1. The van der Waals surface area contributed by atoms with E-state index in [2.05, 4.69) is 10.3 Å². The minimum atomic E-state index is -0.707. The summed E-state index contributed by atoms with van der Waals surface area (Å²) in [7, 11) is 3.09. The van der Waals surface area contributed by atoms with Crippen molar-refractivity contribution in [3.05, 3.63) is 42.0 Å². The number of aromatic nitrogens is 1. The number of halogens is 2. The van der Waals surface area contributed by atoms with Crippen molar-refractivity contribution in [2.24, 2.45) is 0 Å². The first-order valence-corrected chi connectivity index (χ1v) is 10.5. The predicted molar refractivity (Wildman–Crippen MR) is 113 cm³/mol. The summed E-state index contributed by atoms with van der Waals surface area (Å²) in [4.78, 5) is 18.4. The number of hydrogen-bond acceptors (Lipinski definition) is 6. The molecule has 0 spiro atoms. The maximum Gasteiger partial charge on any atom is 0.321 e. The van der Waals surface area contributed by atoms with Gasteiger partial charge in [-0.25, -0.2) is 13.6 Å². The van der Waals surface area contributed by atoms with E-state index in [0.29, 0.717) is 53.0 Å². The molecule has 1 saturated heterocycles. The number of carbonyl (C=O) groups is 1. The van der Waals surface area contributed by atoms with Gasteiger partial charge in [-0.05, 0) is 6.07 Å². The van der Waals surface area contributed by atoms with Gasteiger partial charge in [0.1, 0.15) is 28.9 Å². The highest BCUT2D eigenvalue weighted by Crippen LogP contribution is 2.32. The second kappa shape index (κ2) is 8.93. The summed E-state index contributed by atoms with van der Waals surface area (Å²) in [5.41, 5.74) is 0.676. The first kappa shape index (κ1) is 21.1. The Labute approximate surface area is 181 Å². The molecule has 0 radical (unpaired) electrons. The first-order chi connectivity index (χ1) is 14.9. The van der Waals surface area contributed by atoms with Gasteiger partial charge in [0.25, 0.3) is 5.19 Å². The average molecular weight is 449 g/mol. The summed E-state index contributed by atoms with van der Waals surface area (Å²) in [5.74, 6) is -0.197. The molecule has 7 nitrogen and oxygen atoms in total. The fourth-order valence-corrected chi connectivity index (χ4v) is 4.31. The maximum absolute atomic E-state index is 13.8. The van der Waals surface area contributed by atoms with Crippen LogP contribution < -0.4 is 19.5 Å². The zero-order valence-electron chi connectivity index (χ0n) is 17.0. The van der Waals surface area contributed by atoms with Gasteiger partial charge in [0.2, 0.25) is 0 Å². The number of hydrogen-bond donors (Lipinski definition) is 1. The lowest BCUT2D eigenvalue weighted by Gasteiger charge is -2.31. The van der Waals surface area contributed by atoms with Crippen molar-refractivity contribution in [3.63, 3.8) is 0 Å². The van der Waals surface area contributed by atoms with Crippen LogP contribution in [0.4, 0.5) is 19.3 Å². The van der Waals surface area contributed by atoms with E-state index >= 15 is 0 Å². The van der Waals surface area contributed by atoms with Gasteiger partial charge in [-0.2, -0.15) is 4.98 Å². The molecule has 0 unspecified atom stereocenters. The number of ether oxygens (including phenoxy) is 3. The largest absolute Gasteiger partial charge is 0.497 e. The lowest BCUT2D eigenvalue weighted by Crippen LogP contribution is -2.43. The van der Waals surface area contributed by atoms with Crippen LogP contribution >= 0.6 is 11.3 Å². The summed E-state index contributed by atoms with van der Waals surface area (Å²) < 4.78 is 43.9. The van der Waals surface area contributed by atoms with E-state index < -0.39 is 11.6 Å². The molecule has 2 aromatic carbocycles. The Morgan fingerprint density at radius 2 is 1.77 bits per heavy atom. The third-order valence-electron chi connectivity index (χ3n) is 4.99. The van der Waals surface area contributed by atoms with E-state index in [1.165, 1.54) is 6.07 Å². The molecule has 1 N–H and O–H groups in total. The normalized spacial score (nSPS) is 14.5. The molecule has 164 valence electrons. The lowest BCUT2D eigenvalue weighted by molar-refractivity contribution is 0.115. The average Bonchev–Trinajstić information content (AvgIpc) is 3.16. The minimum Gasteiger partial charge on any atom is -0.497 e. The molecule has 2 heterocycles. The fourth-order valence-electron chi connectivity index (χ4n) is 3.39. The highest BCUT2D eigenvalue weighted by Gasteiger charge is 2.25. The van der Waals surface area contributed by atoms with Crippen LogP contribution in [0.5, 0.6) is 16.7 Å². The molecule has 2 amide bonds. The molecule has 3 aromatic rings. The quantitative estimate of drug-likeness (QED) is 0.613. The minimum absolute atomic E-state index is 0.104. The monoisotopic (exact) mass is 449 g/mol.